The van der Waals surface area contributed by atoms with E-state index in [0.717, 1.165) is 23.4 Å². The molecule has 0 aliphatic carbocycles. The Kier molecular flexibility index (Phi) is 4.40. The van der Waals surface area contributed by atoms with Crippen molar-refractivity contribution < 1.29 is 9.63 Å². The summed E-state index contributed by atoms with van der Waals surface area (Å²) in [4.78, 5) is 17.1. The SMILES string of the molecule is O=C(CCc1ccccc1Cl)N1CCCCO1. The van der Waals surface area contributed by atoms with Gasteiger partial charge in [-0.05, 0) is 30.9 Å². The Bertz CT molecular complexity index is 389. The number of hydrogen-bond acceptors (Lipinski definition) is 2. The summed E-state index contributed by atoms with van der Waals surface area (Å²) in [5, 5.41) is 2.21. The first kappa shape index (κ1) is 12.4. The van der Waals surface area contributed by atoms with Crippen LogP contribution in [0.1, 0.15) is 24.8 Å². The number of hydroxylamine groups is 2. The van der Waals surface area contributed by atoms with Crippen LogP contribution in [-0.2, 0) is 16.1 Å². The normalized spacial score (nSPS) is 15.9. The Morgan fingerprint density at radius 3 is 2.88 bits per heavy atom. The van der Waals surface area contributed by atoms with Gasteiger partial charge in [-0.1, -0.05) is 29.8 Å². The van der Waals surface area contributed by atoms with Gasteiger partial charge in [-0.3, -0.25) is 9.63 Å². The Labute approximate surface area is 106 Å². The van der Waals surface area contributed by atoms with E-state index in [-0.39, 0.29) is 5.91 Å². The van der Waals surface area contributed by atoms with Gasteiger partial charge in [0.05, 0.1) is 6.61 Å². The van der Waals surface area contributed by atoms with E-state index in [4.69, 9.17) is 16.4 Å². The summed E-state index contributed by atoms with van der Waals surface area (Å²) in [5.74, 6) is 0.0459. The predicted octanol–water partition coefficient (Wildman–Crippen LogP) is 2.83. The van der Waals surface area contributed by atoms with Crippen molar-refractivity contribution in [2.75, 3.05) is 13.2 Å². The highest BCUT2D eigenvalue weighted by Gasteiger charge is 2.17. The smallest absolute Gasteiger partial charge is 0.246 e. The monoisotopic (exact) mass is 253 g/mol. The maximum absolute atomic E-state index is 11.8. The maximum Gasteiger partial charge on any atom is 0.246 e. The molecule has 0 radical (unpaired) electrons. The summed E-state index contributed by atoms with van der Waals surface area (Å²) >= 11 is 6.04. The number of rotatable bonds is 3. The molecule has 0 saturated carbocycles. The molecule has 1 saturated heterocycles. The van der Waals surface area contributed by atoms with Crippen LogP contribution in [0.5, 0.6) is 0 Å². The summed E-state index contributed by atoms with van der Waals surface area (Å²) in [5.41, 5.74) is 1.01. The van der Waals surface area contributed by atoms with Crippen molar-refractivity contribution in [2.24, 2.45) is 0 Å². The lowest BCUT2D eigenvalue weighted by Crippen LogP contribution is -2.35. The number of halogens is 1. The van der Waals surface area contributed by atoms with Gasteiger partial charge in [0.1, 0.15) is 0 Å². The van der Waals surface area contributed by atoms with E-state index in [9.17, 15) is 4.79 Å². The first-order valence-electron chi connectivity index (χ1n) is 5.94. The van der Waals surface area contributed by atoms with E-state index in [2.05, 4.69) is 0 Å². The number of amides is 1. The highest BCUT2D eigenvalue weighted by Crippen LogP contribution is 2.17. The number of carbonyl (C=O) groups excluding carboxylic acids is 1. The van der Waals surface area contributed by atoms with Crippen LogP contribution < -0.4 is 0 Å². The van der Waals surface area contributed by atoms with Crippen LogP contribution in [-0.4, -0.2) is 24.1 Å². The molecule has 0 N–H and O–H groups in total. The second-order valence-corrected chi connectivity index (χ2v) is 4.53. The molecular formula is C13H16ClNO2. The average molecular weight is 254 g/mol. The molecule has 4 heteroatoms. The molecule has 1 heterocycles. The molecule has 0 spiro atoms. The third kappa shape index (κ3) is 3.45. The largest absolute Gasteiger partial charge is 0.273 e. The minimum absolute atomic E-state index is 0.0459. The van der Waals surface area contributed by atoms with Gasteiger partial charge in [-0.15, -0.1) is 0 Å². The lowest BCUT2D eigenvalue weighted by atomic mass is 10.1. The van der Waals surface area contributed by atoms with E-state index in [0.29, 0.717) is 26.0 Å². The quantitative estimate of drug-likeness (QED) is 0.829. The molecule has 0 bridgehead atoms. The van der Waals surface area contributed by atoms with E-state index in [1.54, 1.807) is 0 Å². The van der Waals surface area contributed by atoms with E-state index < -0.39 is 0 Å². The zero-order chi connectivity index (χ0) is 12.1. The first-order valence-corrected chi connectivity index (χ1v) is 6.32. The summed E-state index contributed by atoms with van der Waals surface area (Å²) in [7, 11) is 0. The van der Waals surface area contributed by atoms with Gasteiger partial charge in [-0.25, -0.2) is 5.06 Å². The fourth-order valence-electron chi connectivity index (χ4n) is 1.86. The zero-order valence-corrected chi connectivity index (χ0v) is 10.4. The predicted molar refractivity (Wildman–Crippen MR) is 66.7 cm³/mol. The fourth-order valence-corrected chi connectivity index (χ4v) is 2.09. The summed E-state index contributed by atoms with van der Waals surface area (Å²) < 4.78 is 0. The fraction of sp³-hybridized carbons (Fsp3) is 0.462. The van der Waals surface area contributed by atoms with Crippen molar-refractivity contribution in [3.63, 3.8) is 0 Å². The van der Waals surface area contributed by atoms with Crippen LogP contribution in [0.15, 0.2) is 24.3 Å². The van der Waals surface area contributed by atoms with Crippen LogP contribution >= 0.6 is 11.6 Å². The maximum atomic E-state index is 11.8. The molecule has 1 aliphatic heterocycles. The van der Waals surface area contributed by atoms with Crippen molar-refractivity contribution in [3.05, 3.63) is 34.9 Å². The van der Waals surface area contributed by atoms with Crippen molar-refractivity contribution in [2.45, 2.75) is 25.7 Å². The third-order valence-corrected chi connectivity index (χ3v) is 3.22. The van der Waals surface area contributed by atoms with Gasteiger partial charge >= 0.3 is 0 Å². The lowest BCUT2D eigenvalue weighted by molar-refractivity contribution is -0.197. The van der Waals surface area contributed by atoms with E-state index >= 15 is 0 Å². The van der Waals surface area contributed by atoms with Crippen LogP contribution in [0.3, 0.4) is 0 Å². The summed E-state index contributed by atoms with van der Waals surface area (Å²) in [6.07, 6.45) is 3.17. The highest BCUT2D eigenvalue weighted by molar-refractivity contribution is 6.31. The molecule has 1 fully saturated rings. The van der Waals surface area contributed by atoms with E-state index in [1.165, 1.54) is 5.06 Å². The van der Waals surface area contributed by atoms with Crippen LogP contribution in [0, 0.1) is 0 Å². The Hall–Kier alpha value is -1.06. The summed E-state index contributed by atoms with van der Waals surface area (Å²) in [6, 6.07) is 7.62. The summed E-state index contributed by atoms with van der Waals surface area (Å²) in [6.45, 7) is 1.36. The van der Waals surface area contributed by atoms with E-state index in [1.807, 2.05) is 24.3 Å². The van der Waals surface area contributed by atoms with Crippen molar-refractivity contribution in [3.8, 4) is 0 Å². The second-order valence-electron chi connectivity index (χ2n) is 4.13. The third-order valence-electron chi connectivity index (χ3n) is 2.85. The Morgan fingerprint density at radius 2 is 2.18 bits per heavy atom. The zero-order valence-electron chi connectivity index (χ0n) is 9.69. The number of hydrogen-bond donors (Lipinski definition) is 0. The minimum Gasteiger partial charge on any atom is -0.273 e. The Balaban J connectivity index is 1.85. The highest BCUT2D eigenvalue weighted by atomic mass is 35.5. The molecule has 1 aromatic rings. The van der Waals surface area contributed by atoms with Crippen molar-refractivity contribution in [1.82, 2.24) is 5.06 Å². The van der Waals surface area contributed by atoms with Gasteiger partial charge in [0.15, 0.2) is 0 Å². The van der Waals surface area contributed by atoms with Crippen LogP contribution in [0.25, 0.3) is 0 Å². The van der Waals surface area contributed by atoms with Crippen LogP contribution in [0.4, 0.5) is 0 Å². The number of benzene rings is 1. The molecule has 92 valence electrons. The molecule has 2 rings (SSSR count). The molecular weight excluding hydrogens is 238 g/mol. The molecule has 1 aromatic carbocycles. The van der Waals surface area contributed by atoms with Crippen molar-refractivity contribution in [1.29, 1.82) is 0 Å². The molecule has 1 aliphatic rings. The Morgan fingerprint density at radius 1 is 1.35 bits per heavy atom. The van der Waals surface area contributed by atoms with Gasteiger partial charge in [0.2, 0.25) is 5.91 Å². The topological polar surface area (TPSA) is 29.5 Å². The average Bonchev–Trinajstić information content (AvgIpc) is 2.38. The first-order chi connectivity index (χ1) is 8.27. The molecule has 1 amide bonds. The van der Waals surface area contributed by atoms with Crippen molar-refractivity contribution >= 4 is 17.5 Å². The van der Waals surface area contributed by atoms with Gasteiger partial charge < -0.3 is 0 Å². The van der Waals surface area contributed by atoms with Gasteiger partial charge in [-0.2, -0.15) is 0 Å². The van der Waals surface area contributed by atoms with Gasteiger partial charge in [0, 0.05) is 18.0 Å². The molecule has 0 aromatic heterocycles. The van der Waals surface area contributed by atoms with Crippen LogP contribution in [0.2, 0.25) is 5.02 Å². The standard InChI is InChI=1S/C13H16ClNO2/c14-12-6-2-1-5-11(12)7-8-13(16)15-9-3-4-10-17-15/h1-2,5-6H,3-4,7-10H2. The lowest BCUT2D eigenvalue weighted by Gasteiger charge is -2.25. The molecule has 0 unspecified atom stereocenters. The number of aryl methyl sites for hydroxylation is 1. The van der Waals surface area contributed by atoms with Gasteiger partial charge in [0.25, 0.3) is 0 Å². The number of carbonyl (C=O) groups is 1. The number of nitrogens with zero attached hydrogens (tertiary/aromatic N) is 1. The molecule has 0 atom stereocenters. The minimum atomic E-state index is 0.0459. The molecule has 17 heavy (non-hydrogen) atoms. The second kappa shape index (κ2) is 6.03. The molecule has 3 nitrogen and oxygen atoms in total.